The van der Waals surface area contributed by atoms with Crippen LogP contribution in [0.1, 0.15) is 31.0 Å². The molecule has 1 aliphatic rings. The van der Waals surface area contributed by atoms with E-state index in [1.165, 1.54) is 28.0 Å². The van der Waals surface area contributed by atoms with Gasteiger partial charge in [0.1, 0.15) is 5.82 Å². The zero-order valence-corrected chi connectivity index (χ0v) is 19.4. The van der Waals surface area contributed by atoms with Gasteiger partial charge in [0.15, 0.2) is 4.80 Å². The summed E-state index contributed by atoms with van der Waals surface area (Å²) in [6.45, 7) is 3.64. The highest BCUT2D eigenvalue weighted by Crippen LogP contribution is 2.30. The molecule has 2 heterocycles. The van der Waals surface area contributed by atoms with Gasteiger partial charge in [-0.2, -0.15) is 0 Å². The van der Waals surface area contributed by atoms with E-state index in [2.05, 4.69) is 4.99 Å². The Bertz CT molecular complexity index is 1630. The number of ether oxygens (including phenoxy) is 1. The lowest BCUT2D eigenvalue weighted by Crippen LogP contribution is -2.39. The zero-order chi connectivity index (χ0) is 23.8. The van der Waals surface area contributed by atoms with E-state index >= 15 is 0 Å². The normalized spacial score (nSPS) is 15.9. The Balaban J connectivity index is 1.75. The fourth-order valence-electron chi connectivity index (χ4n) is 4.27. The molecule has 0 aliphatic carbocycles. The highest BCUT2D eigenvalue weighted by molar-refractivity contribution is 7.07. The number of esters is 1. The third-order valence-electron chi connectivity index (χ3n) is 5.81. The van der Waals surface area contributed by atoms with Crippen molar-refractivity contribution in [3.8, 4) is 0 Å². The van der Waals surface area contributed by atoms with E-state index in [1.807, 2.05) is 48.5 Å². The largest absolute Gasteiger partial charge is 0.463 e. The molecule has 0 saturated carbocycles. The summed E-state index contributed by atoms with van der Waals surface area (Å²) in [4.78, 5) is 31.6. The van der Waals surface area contributed by atoms with Crippen LogP contribution in [0.2, 0.25) is 0 Å². The van der Waals surface area contributed by atoms with Crippen molar-refractivity contribution in [2.24, 2.45) is 4.99 Å². The molecule has 0 fully saturated rings. The lowest BCUT2D eigenvalue weighted by atomic mass is 9.96. The van der Waals surface area contributed by atoms with Crippen LogP contribution in [-0.2, 0) is 9.53 Å². The lowest BCUT2D eigenvalue weighted by Gasteiger charge is -2.24. The quantitative estimate of drug-likeness (QED) is 0.421. The van der Waals surface area contributed by atoms with Gasteiger partial charge in [0.05, 0.1) is 28.5 Å². The summed E-state index contributed by atoms with van der Waals surface area (Å²) >= 11 is 1.27. The van der Waals surface area contributed by atoms with E-state index in [0.29, 0.717) is 20.6 Å². The third-order valence-corrected chi connectivity index (χ3v) is 6.80. The number of benzene rings is 3. The number of hydrogen-bond acceptors (Lipinski definition) is 5. The summed E-state index contributed by atoms with van der Waals surface area (Å²) in [5, 5.41) is 2.11. The monoisotopic (exact) mass is 472 g/mol. The second kappa shape index (κ2) is 8.83. The van der Waals surface area contributed by atoms with Crippen molar-refractivity contribution in [3.05, 3.63) is 115 Å². The molecule has 34 heavy (non-hydrogen) atoms. The van der Waals surface area contributed by atoms with E-state index in [4.69, 9.17) is 4.74 Å². The Morgan fingerprint density at radius 3 is 2.62 bits per heavy atom. The van der Waals surface area contributed by atoms with E-state index < -0.39 is 17.8 Å². The van der Waals surface area contributed by atoms with Crippen molar-refractivity contribution >= 4 is 34.2 Å². The highest BCUT2D eigenvalue weighted by atomic mass is 32.1. The molecule has 1 atom stereocenters. The van der Waals surface area contributed by atoms with Crippen LogP contribution in [0.4, 0.5) is 4.39 Å². The van der Waals surface area contributed by atoms with Crippen molar-refractivity contribution in [2.75, 3.05) is 6.61 Å². The number of carbonyl (C=O) groups is 1. The molecule has 170 valence electrons. The van der Waals surface area contributed by atoms with Crippen molar-refractivity contribution in [1.29, 1.82) is 0 Å². The maximum absolute atomic E-state index is 13.7. The molecule has 0 amide bonds. The molecule has 3 aromatic carbocycles. The van der Waals surface area contributed by atoms with Crippen LogP contribution in [-0.4, -0.2) is 17.1 Å². The molecule has 5 rings (SSSR count). The second-order valence-electron chi connectivity index (χ2n) is 7.92. The molecule has 1 aromatic heterocycles. The first-order valence-electron chi connectivity index (χ1n) is 10.9. The maximum Gasteiger partial charge on any atom is 0.338 e. The molecular weight excluding hydrogens is 451 g/mol. The van der Waals surface area contributed by atoms with Crippen LogP contribution in [0.25, 0.3) is 16.8 Å². The first-order chi connectivity index (χ1) is 16.5. The van der Waals surface area contributed by atoms with Crippen molar-refractivity contribution in [1.82, 2.24) is 4.57 Å². The summed E-state index contributed by atoms with van der Waals surface area (Å²) in [5.74, 6) is -0.938. The minimum absolute atomic E-state index is 0.192. The van der Waals surface area contributed by atoms with Gasteiger partial charge >= 0.3 is 5.97 Å². The molecule has 0 radical (unpaired) electrons. The minimum Gasteiger partial charge on any atom is -0.463 e. The number of rotatable bonds is 4. The number of halogens is 1. The zero-order valence-electron chi connectivity index (χ0n) is 18.6. The van der Waals surface area contributed by atoms with Crippen LogP contribution in [0, 0.1) is 5.82 Å². The Labute approximate surface area is 198 Å². The van der Waals surface area contributed by atoms with Gasteiger partial charge < -0.3 is 4.74 Å². The van der Waals surface area contributed by atoms with Gasteiger partial charge in [0.2, 0.25) is 0 Å². The predicted molar refractivity (Wildman–Crippen MR) is 131 cm³/mol. The molecule has 5 nitrogen and oxygen atoms in total. The van der Waals surface area contributed by atoms with Crippen LogP contribution >= 0.6 is 11.3 Å². The Morgan fingerprint density at radius 1 is 1.12 bits per heavy atom. The maximum atomic E-state index is 13.7. The standard InChI is InChI=1S/C27H21FN2O3S/c1-3-33-26(32)23-16(2)29-27-30(24(23)18-11-13-20(28)14-12-18)25(31)22(34-27)15-19-9-6-8-17-7-4-5-10-21(17)19/h4-15,24H,3H2,1-2H3/b22-15-/t24-/m0/s1. The lowest BCUT2D eigenvalue weighted by molar-refractivity contribution is -0.139. The fourth-order valence-corrected chi connectivity index (χ4v) is 5.31. The summed E-state index contributed by atoms with van der Waals surface area (Å²) in [5.41, 5.74) is 2.02. The molecule has 4 aromatic rings. The molecule has 0 N–H and O–H groups in total. The first-order valence-corrected chi connectivity index (χ1v) is 11.7. The molecular formula is C27H21FN2O3S. The van der Waals surface area contributed by atoms with Gasteiger partial charge in [0, 0.05) is 0 Å². The van der Waals surface area contributed by atoms with Crippen molar-refractivity contribution < 1.29 is 13.9 Å². The number of carbonyl (C=O) groups excluding carboxylic acids is 1. The average molecular weight is 473 g/mol. The predicted octanol–water partition coefficient (Wildman–Crippen LogP) is 4.09. The van der Waals surface area contributed by atoms with E-state index in [0.717, 1.165) is 16.3 Å². The Kier molecular flexibility index (Phi) is 5.71. The summed E-state index contributed by atoms with van der Waals surface area (Å²) in [7, 11) is 0. The molecule has 7 heteroatoms. The second-order valence-corrected chi connectivity index (χ2v) is 8.93. The molecule has 0 saturated heterocycles. The number of thiazole rings is 1. The van der Waals surface area contributed by atoms with E-state index in [9.17, 15) is 14.0 Å². The minimum atomic E-state index is -0.759. The number of nitrogens with zero attached hydrogens (tertiary/aromatic N) is 2. The molecule has 1 aliphatic heterocycles. The van der Waals surface area contributed by atoms with Crippen molar-refractivity contribution in [3.63, 3.8) is 0 Å². The van der Waals surface area contributed by atoms with Crippen LogP contribution in [0.3, 0.4) is 0 Å². The van der Waals surface area contributed by atoms with Gasteiger partial charge in [-0.05, 0) is 54.0 Å². The number of fused-ring (bicyclic) bond motifs is 2. The SMILES string of the molecule is CCOC(=O)C1=C(C)N=c2s/c(=C\c3cccc4ccccc34)c(=O)n2[C@H]1c1ccc(F)cc1. The average Bonchev–Trinajstić information content (AvgIpc) is 3.13. The van der Waals surface area contributed by atoms with Gasteiger partial charge in [0.25, 0.3) is 5.56 Å². The summed E-state index contributed by atoms with van der Waals surface area (Å²) in [6, 6.07) is 19.0. The van der Waals surface area contributed by atoms with Crippen LogP contribution in [0.5, 0.6) is 0 Å². The van der Waals surface area contributed by atoms with Crippen LogP contribution < -0.4 is 14.9 Å². The smallest absolute Gasteiger partial charge is 0.338 e. The van der Waals surface area contributed by atoms with Gasteiger partial charge in [-0.15, -0.1) is 0 Å². The van der Waals surface area contributed by atoms with E-state index in [1.54, 1.807) is 26.0 Å². The number of aromatic nitrogens is 1. The van der Waals surface area contributed by atoms with Gasteiger partial charge in [-0.25, -0.2) is 14.2 Å². The highest BCUT2D eigenvalue weighted by Gasteiger charge is 2.33. The number of hydrogen-bond donors (Lipinski definition) is 0. The topological polar surface area (TPSA) is 60.7 Å². The Morgan fingerprint density at radius 2 is 1.85 bits per heavy atom. The number of allylic oxidation sites excluding steroid dienone is 1. The third kappa shape index (κ3) is 3.78. The first kappa shape index (κ1) is 22.0. The fraction of sp³-hybridized carbons (Fsp3) is 0.148. The molecule has 0 unspecified atom stereocenters. The van der Waals surface area contributed by atoms with Crippen LogP contribution in [0.15, 0.2) is 87.8 Å². The Hall–Kier alpha value is -3.84. The van der Waals surface area contributed by atoms with Gasteiger partial charge in [-0.3, -0.25) is 9.36 Å². The summed E-state index contributed by atoms with van der Waals surface area (Å²) < 4.78 is 21.0. The molecule has 0 spiro atoms. The van der Waals surface area contributed by atoms with E-state index in [-0.39, 0.29) is 17.7 Å². The summed E-state index contributed by atoms with van der Waals surface area (Å²) in [6.07, 6.45) is 1.86. The van der Waals surface area contributed by atoms with Gasteiger partial charge in [-0.1, -0.05) is 65.9 Å². The van der Waals surface area contributed by atoms with Crippen molar-refractivity contribution in [2.45, 2.75) is 19.9 Å². The molecule has 0 bridgehead atoms.